The second kappa shape index (κ2) is 4.44. The van der Waals surface area contributed by atoms with Crippen molar-refractivity contribution in [1.82, 2.24) is 0 Å². The van der Waals surface area contributed by atoms with Crippen LogP contribution in [-0.2, 0) is 6.42 Å². The first-order chi connectivity index (χ1) is 5.72. The van der Waals surface area contributed by atoms with Crippen LogP contribution in [0.5, 0.6) is 0 Å². The first-order valence-corrected chi connectivity index (χ1v) is 4.69. The molecule has 0 aliphatic heterocycles. The number of hydrogen-bond acceptors (Lipinski definition) is 2. The van der Waals surface area contributed by atoms with Crippen LogP contribution in [0.25, 0.3) is 0 Å². The Kier molecular flexibility index (Phi) is 3.51. The number of anilines is 1. The lowest BCUT2D eigenvalue weighted by Crippen LogP contribution is -2.15. The summed E-state index contributed by atoms with van der Waals surface area (Å²) in [6.45, 7) is 0.703. The molecule has 0 amide bonds. The number of nitrogen functional groups attached to an aromatic ring is 1. The van der Waals surface area contributed by atoms with Gasteiger partial charge in [-0.3, -0.25) is 0 Å². The van der Waals surface area contributed by atoms with Gasteiger partial charge in [0.2, 0.25) is 0 Å². The Hall–Kier alpha value is -0.590. The van der Waals surface area contributed by atoms with E-state index in [4.69, 9.17) is 11.5 Å². The van der Waals surface area contributed by atoms with E-state index >= 15 is 0 Å². The van der Waals surface area contributed by atoms with Crippen molar-refractivity contribution in [2.45, 2.75) is 12.1 Å². The van der Waals surface area contributed by atoms with Crippen LogP contribution in [0.3, 0.4) is 0 Å². The van der Waals surface area contributed by atoms with E-state index in [0.717, 1.165) is 12.1 Å². The summed E-state index contributed by atoms with van der Waals surface area (Å²) in [5, 5.41) is 0. The molecule has 0 aliphatic rings. The Bertz CT molecular complexity index is 233. The number of hydrogen-bond donors (Lipinski definition) is 2. The van der Waals surface area contributed by atoms with Crippen molar-refractivity contribution in [3.05, 3.63) is 29.8 Å². The molecule has 12 heavy (non-hydrogen) atoms. The maximum absolute atomic E-state index is 5.56. The molecule has 0 bridgehead atoms. The van der Waals surface area contributed by atoms with Gasteiger partial charge in [-0.1, -0.05) is 12.1 Å². The van der Waals surface area contributed by atoms with Gasteiger partial charge in [-0.2, -0.15) is 0 Å². The molecule has 2 unspecified atom stereocenters. The standard InChI is InChI=1S/C9H15N2P/c10-6-9(12)5-7-1-3-8(11)4-2-7/h1-4,9H,5-6,10-12H2. The zero-order chi connectivity index (χ0) is 8.97. The average Bonchev–Trinajstić information content (AvgIpc) is 2.09. The van der Waals surface area contributed by atoms with Crippen LogP contribution in [0, 0.1) is 0 Å². The summed E-state index contributed by atoms with van der Waals surface area (Å²) in [4.78, 5) is 0. The van der Waals surface area contributed by atoms with Gasteiger partial charge in [0.25, 0.3) is 0 Å². The predicted molar refractivity (Wildman–Crippen MR) is 57.1 cm³/mol. The summed E-state index contributed by atoms with van der Waals surface area (Å²) in [5.74, 6) is 0. The summed E-state index contributed by atoms with van der Waals surface area (Å²) >= 11 is 0. The van der Waals surface area contributed by atoms with Gasteiger partial charge in [0.05, 0.1) is 0 Å². The third kappa shape index (κ3) is 2.80. The first kappa shape index (κ1) is 9.50. The van der Waals surface area contributed by atoms with Gasteiger partial charge >= 0.3 is 0 Å². The van der Waals surface area contributed by atoms with E-state index in [2.05, 4.69) is 9.24 Å². The highest BCUT2D eigenvalue weighted by Crippen LogP contribution is 2.11. The summed E-state index contributed by atoms with van der Waals surface area (Å²) < 4.78 is 0. The molecule has 1 aromatic rings. The Morgan fingerprint density at radius 2 is 1.83 bits per heavy atom. The first-order valence-electron chi connectivity index (χ1n) is 4.02. The maximum atomic E-state index is 5.56. The molecular weight excluding hydrogens is 167 g/mol. The number of nitrogens with two attached hydrogens (primary N) is 2. The van der Waals surface area contributed by atoms with E-state index in [1.54, 1.807) is 0 Å². The number of benzene rings is 1. The van der Waals surface area contributed by atoms with Crippen LogP contribution >= 0.6 is 9.24 Å². The molecule has 0 aromatic heterocycles. The maximum Gasteiger partial charge on any atom is 0.0314 e. The highest BCUT2D eigenvalue weighted by Gasteiger charge is 2.00. The minimum absolute atomic E-state index is 0.466. The normalized spacial score (nSPS) is 12.8. The van der Waals surface area contributed by atoms with Crippen LogP contribution in [0.2, 0.25) is 0 Å². The van der Waals surface area contributed by atoms with Crippen molar-refractivity contribution in [2.75, 3.05) is 12.3 Å². The molecule has 0 spiro atoms. The summed E-state index contributed by atoms with van der Waals surface area (Å²) in [5.41, 5.74) is 13.6. The van der Waals surface area contributed by atoms with Gasteiger partial charge in [0.1, 0.15) is 0 Å². The van der Waals surface area contributed by atoms with E-state index in [1.807, 2.05) is 24.3 Å². The van der Waals surface area contributed by atoms with Gasteiger partial charge in [-0.05, 0) is 36.3 Å². The van der Waals surface area contributed by atoms with Crippen molar-refractivity contribution in [1.29, 1.82) is 0 Å². The number of rotatable bonds is 3. The quantitative estimate of drug-likeness (QED) is 0.541. The molecule has 0 aliphatic carbocycles. The van der Waals surface area contributed by atoms with E-state index in [0.29, 0.717) is 12.2 Å². The lowest BCUT2D eigenvalue weighted by Gasteiger charge is -2.07. The molecule has 0 fully saturated rings. The molecule has 2 atom stereocenters. The van der Waals surface area contributed by atoms with E-state index in [1.165, 1.54) is 5.56 Å². The molecule has 2 nitrogen and oxygen atoms in total. The fourth-order valence-electron chi connectivity index (χ4n) is 1.04. The fourth-order valence-corrected chi connectivity index (χ4v) is 1.31. The third-order valence-electron chi connectivity index (χ3n) is 1.78. The van der Waals surface area contributed by atoms with Crippen LogP contribution in [-0.4, -0.2) is 12.2 Å². The zero-order valence-corrected chi connectivity index (χ0v) is 8.19. The summed E-state index contributed by atoms with van der Waals surface area (Å²) in [6.07, 6.45) is 1.00. The van der Waals surface area contributed by atoms with E-state index in [-0.39, 0.29) is 0 Å². The summed E-state index contributed by atoms with van der Waals surface area (Å²) in [6, 6.07) is 7.93. The Labute approximate surface area is 75.5 Å². The van der Waals surface area contributed by atoms with Crippen LogP contribution < -0.4 is 11.5 Å². The molecule has 66 valence electrons. The van der Waals surface area contributed by atoms with Crippen LogP contribution in [0.4, 0.5) is 5.69 Å². The monoisotopic (exact) mass is 182 g/mol. The highest BCUT2D eigenvalue weighted by molar-refractivity contribution is 7.17. The molecule has 0 saturated carbocycles. The van der Waals surface area contributed by atoms with Gasteiger partial charge in [0.15, 0.2) is 0 Å². The molecule has 0 heterocycles. The minimum Gasteiger partial charge on any atom is -0.399 e. The predicted octanol–water partition coefficient (Wildman–Crippen LogP) is 1.01. The van der Waals surface area contributed by atoms with Crippen molar-refractivity contribution in [3.8, 4) is 0 Å². The molecule has 0 radical (unpaired) electrons. The summed E-state index contributed by atoms with van der Waals surface area (Å²) in [7, 11) is 2.74. The van der Waals surface area contributed by atoms with Crippen molar-refractivity contribution in [2.24, 2.45) is 5.73 Å². The van der Waals surface area contributed by atoms with Gasteiger partial charge in [-0.15, -0.1) is 9.24 Å². The lowest BCUT2D eigenvalue weighted by molar-refractivity contribution is 0.854. The SMILES string of the molecule is NCC(P)Cc1ccc(N)cc1. The Balaban J connectivity index is 2.58. The fraction of sp³-hybridized carbons (Fsp3) is 0.333. The molecule has 4 N–H and O–H groups in total. The Morgan fingerprint density at radius 1 is 1.25 bits per heavy atom. The average molecular weight is 182 g/mol. The van der Waals surface area contributed by atoms with Crippen molar-refractivity contribution >= 4 is 14.9 Å². The minimum atomic E-state index is 0.466. The molecule has 1 aromatic carbocycles. The Morgan fingerprint density at radius 3 is 2.33 bits per heavy atom. The molecule has 0 saturated heterocycles. The van der Waals surface area contributed by atoms with Gasteiger partial charge < -0.3 is 11.5 Å². The molecule has 1 rings (SSSR count). The second-order valence-electron chi connectivity index (χ2n) is 2.94. The van der Waals surface area contributed by atoms with Crippen molar-refractivity contribution < 1.29 is 0 Å². The lowest BCUT2D eigenvalue weighted by atomic mass is 10.1. The largest absolute Gasteiger partial charge is 0.399 e. The van der Waals surface area contributed by atoms with E-state index in [9.17, 15) is 0 Å². The van der Waals surface area contributed by atoms with Crippen molar-refractivity contribution in [3.63, 3.8) is 0 Å². The van der Waals surface area contributed by atoms with Gasteiger partial charge in [0, 0.05) is 5.69 Å². The molecule has 3 heteroatoms. The topological polar surface area (TPSA) is 52.0 Å². The van der Waals surface area contributed by atoms with Gasteiger partial charge in [-0.25, -0.2) is 0 Å². The highest BCUT2D eigenvalue weighted by atomic mass is 31.0. The molecular formula is C9H15N2P. The zero-order valence-electron chi connectivity index (χ0n) is 7.03. The smallest absolute Gasteiger partial charge is 0.0314 e. The van der Waals surface area contributed by atoms with E-state index < -0.39 is 0 Å². The van der Waals surface area contributed by atoms with Crippen LogP contribution in [0.15, 0.2) is 24.3 Å². The van der Waals surface area contributed by atoms with Crippen LogP contribution in [0.1, 0.15) is 5.56 Å². The third-order valence-corrected chi connectivity index (χ3v) is 2.29. The second-order valence-corrected chi connectivity index (χ2v) is 3.88.